The maximum absolute atomic E-state index is 13.1. The number of nitrogens with zero attached hydrogens (tertiary/aromatic N) is 1. The molecular weight excluding hydrogens is 349 g/mol. The van der Waals surface area contributed by atoms with E-state index in [4.69, 9.17) is 9.47 Å². The molecule has 1 aliphatic heterocycles. The molecule has 0 spiro atoms. The molecule has 0 saturated carbocycles. The molecule has 1 saturated heterocycles. The summed E-state index contributed by atoms with van der Waals surface area (Å²) in [6.45, 7) is 3.31. The van der Waals surface area contributed by atoms with Crippen LogP contribution in [0.1, 0.15) is 25.8 Å². The second-order valence-electron chi connectivity index (χ2n) is 6.85. The van der Waals surface area contributed by atoms with Crippen molar-refractivity contribution in [2.24, 2.45) is 5.92 Å². The summed E-state index contributed by atoms with van der Waals surface area (Å²) < 4.78 is 49.8. The second kappa shape index (κ2) is 7.63. The van der Waals surface area contributed by atoms with Gasteiger partial charge < -0.3 is 19.7 Å². The Bertz CT molecular complexity index is 647. The first-order valence-corrected chi connectivity index (χ1v) is 8.44. The van der Waals surface area contributed by atoms with Gasteiger partial charge in [0.15, 0.2) is 0 Å². The number of amides is 2. The van der Waals surface area contributed by atoms with Crippen LogP contribution >= 0.6 is 0 Å². The standard InChI is InChI=1S/C18H25F3N2O3/c1-17(2)15(18(19,20)21)8-10-23(17)16(24)22-9-7-12-5-6-13(25-3)11-14(12)26-4/h5-6,11,15H,7-10H2,1-4H3,(H,22,24). The van der Waals surface area contributed by atoms with Crippen molar-refractivity contribution < 1.29 is 27.4 Å². The molecule has 0 aromatic heterocycles. The predicted molar refractivity (Wildman–Crippen MR) is 91.6 cm³/mol. The zero-order valence-corrected chi connectivity index (χ0v) is 15.4. The van der Waals surface area contributed by atoms with E-state index in [1.165, 1.54) is 18.7 Å². The van der Waals surface area contributed by atoms with Crippen molar-refractivity contribution in [2.75, 3.05) is 27.3 Å². The molecule has 8 heteroatoms. The number of hydrogen-bond donors (Lipinski definition) is 1. The molecule has 1 aromatic rings. The summed E-state index contributed by atoms with van der Waals surface area (Å²) in [5.41, 5.74) is -0.386. The minimum atomic E-state index is -4.31. The van der Waals surface area contributed by atoms with Gasteiger partial charge in [-0.15, -0.1) is 0 Å². The van der Waals surface area contributed by atoms with Gasteiger partial charge in [-0.2, -0.15) is 13.2 Å². The Morgan fingerprint density at radius 1 is 1.31 bits per heavy atom. The number of carbonyl (C=O) groups is 1. The van der Waals surface area contributed by atoms with Crippen LogP contribution in [0.25, 0.3) is 0 Å². The third-order valence-corrected chi connectivity index (χ3v) is 4.99. The first kappa shape index (κ1) is 20.2. The van der Waals surface area contributed by atoms with Crippen LogP contribution in [-0.4, -0.2) is 50.0 Å². The van der Waals surface area contributed by atoms with Gasteiger partial charge in [0.2, 0.25) is 0 Å². The molecule has 1 atom stereocenters. The lowest BCUT2D eigenvalue weighted by molar-refractivity contribution is -0.189. The topological polar surface area (TPSA) is 50.8 Å². The molecule has 1 unspecified atom stereocenters. The van der Waals surface area contributed by atoms with Crippen molar-refractivity contribution in [3.8, 4) is 11.5 Å². The molecule has 1 N–H and O–H groups in total. The van der Waals surface area contributed by atoms with E-state index in [9.17, 15) is 18.0 Å². The molecule has 0 bridgehead atoms. The summed E-state index contributed by atoms with van der Waals surface area (Å²) in [7, 11) is 3.10. The highest BCUT2D eigenvalue weighted by Gasteiger charge is 2.56. The number of benzene rings is 1. The highest BCUT2D eigenvalue weighted by molar-refractivity contribution is 5.75. The van der Waals surface area contributed by atoms with E-state index in [2.05, 4.69) is 5.32 Å². The van der Waals surface area contributed by atoms with Crippen LogP contribution in [0.4, 0.5) is 18.0 Å². The van der Waals surface area contributed by atoms with Crippen LogP contribution in [0.15, 0.2) is 18.2 Å². The Hall–Kier alpha value is -2.12. The number of rotatable bonds is 5. The van der Waals surface area contributed by atoms with E-state index in [-0.39, 0.29) is 13.0 Å². The molecule has 2 amide bonds. The molecule has 146 valence electrons. The van der Waals surface area contributed by atoms with Gasteiger partial charge in [-0.05, 0) is 38.3 Å². The number of carbonyl (C=O) groups excluding carboxylic acids is 1. The Balaban J connectivity index is 1.96. The van der Waals surface area contributed by atoms with E-state index < -0.39 is 23.7 Å². The largest absolute Gasteiger partial charge is 0.497 e. The van der Waals surface area contributed by atoms with E-state index in [1.54, 1.807) is 26.4 Å². The molecule has 26 heavy (non-hydrogen) atoms. The highest BCUT2D eigenvalue weighted by atomic mass is 19.4. The normalized spacial score (nSPS) is 19.3. The molecule has 2 rings (SSSR count). The van der Waals surface area contributed by atoms with Gasteiger partial charge in [0, 0.05) is 19.2 Å². The van der Waals surface area contributed by atoms with Gasteiger partial charge >= 0.3 is 12.2 Å². The fourth-order valence-corrected chi connectivity index (χ4v) is 3.47. The summed E-state index contributed by atoms with van der Waals surface area (Å²) in [4.78, 5) is 13.6. The smallest absolute Gasteiger partial charge is 0.394 e. The lowest BCUT2D eigenvalue weighted by atomic mass is 9.88. The van der Waals surface area contributed by atoms with Crippen LogP contribution in [0.3, 0.4) is 0 Å². The van der Waals surface area contributed by atoms with Gasteiger partial charge in [0.1, 0.15) is 11.5 Å². The van der Waals surface area contributed by atoms with Crippen molar-refractivity contribution in [3.63, 3.8) is 0 Å². The summed E-state index contributed by atoms with van der Waals surface area (Å²) >= 11 is 0. The maximum atomic E-state index is 13.1. The lowest BCUT2D eigenvalue weighted by Crippen LogP contribution is -2.53. The minimum Gasteiger partial charge on any atom is -0.497 e. The average Bonchev–Trinajstić information content (AvgIpc) is 2.90. The number of halogens is 3. The van der Waals surface area contributed by atoms with Gasteiger partial charge in [-0.25, -0.2) is 4.79 Å². The Morgan fingerprint density at radius 2 is 2.00 bits per heavy atom. The lowest BCUT2D eigenvalue weighted by Gasteiger charge is -2.36. The maximum Gasteiger partial charge on any atom is 0.394 e. The van der Waals surface area contributed by atoms with Crippen molar-refractivity contribution in [1.29, 1.82) is 0 Å². The molecule has 1 fully saturated rings. The highest BCUT2D eigenvalue weighted by Crippen LogP contribution is 2.44. The van der Waals surface area contributed by atoms with Gasteiger partial charge in [0.05, 0.1) is 25.7 Å². The van der Waals surface area contributed by atoms with Crippen molar-refractivity contribution in [3.05, 3.63) is 23.8 Å². The fourth-order valence-electron chi connectivity index (χ4n) is 3.47. The third-order valence-electron chi connectivity index (χ3n) is 4.99. The molecular formula is C18H25F3N2O3. The number of ether oxygens (including phenoxy) is 2. The fraction of sp³-hybridized carbons (Fsp3) is 0.611. The van der Waals surface area contributed by atoms with Crippen LogP contribution in [0.2, 0.25) is 0 Å². The number of hydrogen-bond acceptors (Lipinski definition) is 3. The Labute approximate surface area is 151 Å². The molecule has 0 aliphatic carbocycles. The molecule has 0 radical (unpaired) electrons. The number of methoxy groups -OCH3 is 2. The van der Waals surface area contributed by atoms with Crippen LogP contribution in [0.5, 0.6) is 11.5 Å². The second-order valence-corrected chi connectivity index (χ2v) is 6.85. The molecule has 5 nitrogen and oxygen atoms in total. The Morgan fingerprint density at radius 3 is 2.54 bits per heavy atom. The minimum absolute atomic E-state index is 0.0732. The number of nitrogens with one attached hydrogen (secondary N) is 1. The van der Waals surface area contributed by atoms with E-state index >= 15 is 0 Å². The number of urea groups is 1. The van der Waals surface area contributed by atoms with Gasteiger partial charge in [-0.1, -0.05) is 6.07 Å². The quantitative estimate of drug-likeness (QED) is 0.857. The third kappa shape index (κ3) is 4.16. The Kier molecular flexibility index (Phi) is 5.93. The number of alkyl halides is 3. The molecule has 1 aliphatic rings. The summed E-state index contributed by atoms with van der Waals surface area (Å²) in [6, 6.07) is 4.89. The first-order valence-electron chi connectivity index (χ1n) is 8.44. The summed E-state index contributed by atoms with van der Waals surface area (Å²) in [5.74, 6) is -0.216. The molecule has 1 aromatic carbocycles. The predicted octanol–water partition coefficient (Wildman–Crippen LogP) is 3.62. The van der Waals surface area contributed by atoms with Gasteiger partial charge in [-0.3, -0.25) is 0 Å². The van der Waals surface area contributed by atoms with Gasteiger partial charge in [0.25, 0.3) is 0 Å². The molecule has 1 heterocycles. The first-order chi connectivity index (χ1) is 12.1. The average molecular weight is 374 g/mol. The number of likely N-dealkylation sites (tertiary alicyclic amines) is 1. The van der Waals surface area contributed by atoms with E-state index in [0.717, 1.165) is 5.56 Å². The van der Waals surface area contributed by atoms with Crippen molar-refractivity contribution in [1.82, 2.24) is 10.2 Å². The van der Waals surface area contributed by atoms with Crippen LogP contribution in [0, 0.1) is 5.92 Å². The summed E-state index contributed by atoms with van der Waals surface area (Å²) in [5, 5.41) is 2.71. The van der Waals surface area contributed by atoms with E-state index in [0.29, 0.717) is 24.5 Å². The van der Waals surface area contributed by atoms with Crippen molar-refractivity contribution in [2.45, 2.75) is 38.4 Å². The monoisotopic (exact) mass is 374 g/mol. The van der Waals surface area contributed by atoms with Crippen molar-refractivity contribution >= 4 is 6.03 Å². The zero-order chi connectivity index (χ0) is 19.5. The van der Waals surface area contributed by atoms with E-state index in [1.807, 2.05) is 6.07 Å². The summed E-state index contributed by atoms with van der Waals surface area (Å²) in [6.07, 6.45) is -3.89. The SMILES string of the molecule is COc1ccc(CCNC(=O)N2CCC(C(F)(F)F)C2(C)C)c(OC)c1. The van der Waals surface area contributed by atoms with Crippen LogP contribution in [-0.2, 0) is 6.42 Å². The van der Waals surface area contributed by atoms with Crippen LogP contribution < -0.4 is 14.8 Å². The zero-order valence-electron chi connectivity index (χ0n) is 15.4.